The van der Waals surface area contributed by atoms with Crippen molar-refractivity contribution >= 4 is 16.6 Å². The van der Waals surface area contributed by atoms with Crippen LogP contribution in [-0.4, -0.2) is 4.98 Å². The average molecular weight is 156 g/mol. The molecule has 0 spiro atoms. The summed E-state index contributed by atoms with van der Waals surface area (Å²) < 4.78 is 0. The SMILES string of the molecule is [CH]Nc1cccc2cccnc12. The van der Waals surface area contributed by atoms with Crippen molar-refractivity contribution in [2.75, 3.05) is 5.32 Å². The van der Waals surface area contributed by atoms with E-state index in [1.807, 2.05) is 30.3 Å². The van der Waals surface area contributed by atoms with Gasteiger partial charge in [0.05, 0.1) is 18.3 Å². The molecule has 0 atom stereocenters. The van der Waals surface area contributed by atoms with Gasteiger partial charge in [-0.25, -0.2) is 0 Å². The zero-order valence-corrected chi connectivity index (χ0v) is 6.49. The molecule has 0 aliphatic heterocycles. The maximum Gasteiger partial charge on any atom is 0.0933 e. The van der Waals surface area contributed by atoms with Crippen molar-refractivity contribution in [2.24, 2.45) is 0 Å². The van der Waals surface area contributed by atoms with Crippen molar-refractivity contribution in [3.63, 3.8) is 0 Å². The third-order valence-electron chi connectivity index (χ3n) is 1.79. The highest BCUT2D eigenvalue weighted by Gasteiger charge is 1.97. The summed E-state index contributed by atoms with van der Waals surface area (Å²) >= 11 is 0. The molecule has 1 heterocycles. The Kier molecular flexibility index (Phi) is 1.67. The fraction of sp³-hybridized carbons (Fsp3) is 0. The summed E-state index contributed by atoms with van der Waals surface area (Å²) in [4.78, 5) is 4.21. The molecular formula is C10H8N2. The van der Waals surface area contributed by atoms with Crippen LogP contribution in [0.4, 0.5) is 5.69 Å². The molecule has 0 aliphatic carbocycles. The van der Waals surface area contributed by atoms with Gasteiger partial charge in [-0.3, -0.25) is 4.98 Å². The van der Waals surface area contributed by atoms with Gasteiger partial charge in [-0.2, -0.15) is 0 Å². The minimum Gasteiger partial charge on any atom is -0.376 e. The lowest BCUT2D eigenvalue weighted by atomic mass is 10.2. The average Bonchev–Trinajstić information content (AvgIpc) is 2.17. The summed E-state index contributed by atoms with van der Waals surface area (Å²) in [6.45, 7) is 0. The molecule has 2 rings (SSSR count). The van der Waals surface area contributed by atoms with Gasteiger partial charge >= 0.3 is 0 Å². The molecule has 0 saturated carbocycles. The molecule has 0 bridgehead atoms. The maximum absolute atomic E-state index is 5.33. The summed E-state index contributed by atoms with van der Waals surface area (Å²) in [6, 6.07) is 9.75. The minimum atomic E-state index is 0.855. The summed E-state index contributed by atoms with van der Waals surface area (Å²) in [7, 11) is 5.33. The van der Waals surface area contributed by atoms with Gasteiger partial charge in [0.1, 0.15) is 0 Å². The van der Waals surface area contributed by atoms with Gasteiger partial charge in [0.15, 0.2) is 0 Å². The molecule has 58 valence electrons. The first-order valence-electron chi connectivity index (χ1n) is 3.72. The molecule has 2 nitrogen and oxygen atoms in total. The van der Waals surface area contributed by atoms with Crippen LogP contribution < -0.4 is 5.32 Å². The van der Waals surface area contributed by atoms with Gasteiger partial charge in [0.2, 0.25) is 0 Å². The molecule has 0 amide bonds. The Morgan fingerprint density at radius 2 is 2.00 bits per heavy atom. The van der Waals surface area contributed by atoms with E-state index in [0.29, 0.717) is 0 Å². The molecule has 1 aromatic heterocycles. The highest BCUT2D eigenvalue weighted by molar-refractivity contribution is 5.90. The van der Waals surface area contributed by atoms with Crippen molar-refractivity contribution in [2.45, 2.75) is 0 Å². The van der Waals surface area contributed by atoms with Crippen molar-refractivity contribution < 1.29 is 0 Å². The fourth-order valence-electron chi connectivity index (χ4n) is 1.22. The van der Waals surface area contributed by atoms with E-state index in [-0.39, 0.29) is 0 Å². The smallest absolute Gasteiger partial charge is 0.0933 e. The number of hydrogen-bond acceptors (Lipinski definition) is 2. The number of hydrogen-bond donors (Lipinski definition) is 1. The molecule has 2 heteroatoms. The van der Waals surface area contributed by atoms with E-state index in [9.17, 15) is 0 Å². The van der Waals surface area contributed by atoms with Crippen molar-refractivity contribution in [3.8, 4) is 0 Å². The van der Waals surface area contributed by atoms with Crippen molar-refractivity contribution in [1.29, 1.82) is 0 Å². The quantitative estimate of drug-likeness (QED) is 0.641. The van der Waals surface area contributed by atoms with Crippen LogP contribution in [0.25, 0.3) is 10.9 Å². The molecule has 0 unspecified atom stereocenters. The lowest BCUT2D eigenvalue weighted by Gasteiger charge is -2.02. The fourth-order valence-corrected chi connectivity index (χ4v) is 1.22. The molecule has 0 saturated heterocycles. The van der Waals surface area contributed by atoms with Crippen LogP contribution in [0.15, 0.2) is 36.5 Å². The number of nitrogens with zero attached hydrogens (tertiary/aromatic N) is 1. The Balaban J connectivity index is 2.79. The van der Waals surface area contributed by atoms with Gasteiger partial charge in [-0.15, -0.1) is 0 Å². The Labute approximate surface area is 71.2 Å². The van der Waals surface area contributed by atoms with Crippen LogP contribution in [0.2, 0.25) is 0 Å². The number of pyridine rings is 1. The summed E-state index contributed by atoms with van der Waals surface area (Å²) in [6.07, 6.45) is 1.75. The molecule has 1 N–H and O–H groups in total. The number of nitrogens with one attached hydrogen (secondary N) is 1. The topological polar surface area (TPSA) is 24.9 Å². The molecule has 12 heavy (non-hydrogen) atoms. The van der Waals surface area contributed by atoms with E-state index in [0.717, 1.165) is 16.6 Å². The number of anilines is 1. The van der Waals surface area contributed by atoms with E-state index in [2.05, 4.69) is 10.3 Å². The molecule has 2 radical (unpaired) electrons. The zero-order chi connectivity index (χ0) is 8.39. The van der Waals surface area contributed by atoms with Gasteiger partial charge in [0, 0.05) is 11.6 Å². The Morgan fingerprint density at radius 1 is 1.17 bits per heavy atom. The lowest BCUT2D eigenvalue weighted by Crippen LogP contribution is -1.87. The standard InChI is InChI=1S/C10H8N2/c1-11-9-6-2-4-8-5-3-7-12-10(8)9/h1-7,11H. The van der Waals surface area contributed by atoms with Crippen molar-refractivity contribution in [1.82, 2.24) is 4.98 Å². The van der Waals surface area contributed by atoms with E-state index in [1.165, 1.54) is 0 Å². The number of aromatic nitrogens is 1. The van der Waals surface area contributed by atoms with Crippen LogP contribution in [-0.2, 0) is 0 Å². The second-order valence-electron chi connectivity index (χ2n) is 2.53. The van der Waals surface area contributed by atoms with Crippen LogP contribution in [0.1, 0.15) is 0 Å². The molecule has 1 aromatic carbocycles. The summed E-state index contributed by atoms with van der Waals surface area (Å²) in [5.41, 5.74) is 1.76. The van der Waals surface area contributed by atoms with Crippen LogP contribution in [0.5, 0.6) is 0 Å². The maximum atomic E-state index is 5.33. The van der Waals surface area contributed by atoms with E-state index in [1.54, 1.807) is 6.20 Å². The van der Waals surface area contributed by atoms with E-state index >= 15 is 0 Å². The number of benzene rings is 1. The Hall–Kier alpha value is -1.57. The first-order valence-corrected chi connectivity index (χ1v) is 3.72. The molecule has 2 aromatic rings. The number of para-hydroxylation sites is 1. The number of fused-ring (bicyclic) bond motifs is 1. The van der Waals surface area contributed by atoms with Crippen LogP contribution >= 0.6 is 0 Å². The van der Waals surface area contributed by atoms with Crippen LogP contribution in [0.3, 0.4) is 0 Å². The summed E-state index contributed by atoms with van der Waals surface area (Å²) in [5.74, 6) is 0. The van der Waals surface area contributed by atoms with Gasteiger partial charge < -0.3 is 5.32 Å². The second-order valence-corrected chi connectivity index (χ2v) is 2.53. The largest absolute Gasteiger partial charge is 0.376 e. The Bertz CT molecular complexity index is 390. The molecule has 0 aliphatic rings. The first-order chi connectivity index (χ1) is 5.92. The summed E-state index contributed by atoms with van der Waals surface area (Å²) in [5, 5.41) is 3.70. The number of rotatable bonds is 1. The highest BCUT2D eigenvalue weighted by Crippen LogP contribution is 2.19. The third kappa shape index (κ3) is 1.01. The first kappa shape index (κ1) is 7.10. The lowest BCUT2D eigenvalue weighted by molar-refractivity contribution is 1.41. The second kappa shape index (κ2) is 2.81. The molecule has 0 fully saturated rings. The third-order valence-corrected chi connectivity index (χ3v) is 1.79. The monoisotopic (exact) mass is 156 g/mol. The highest BCUT2D eigenvalue weighted by atomic mass is 14.8. The normalized spacial score (nSPS) is 10.1. The van der Waals surface area contributed by atoms with E-state index in [4.69, 9.17) is 7.05 Å². The predicted octanol–water partition coefficient (Wildman–Crippen LogP) is 2.32. The van der Waals surface area contributed by atoms with Crippen LogP contribution in [0, 0.1) is 7.05 Å². The van der Waals surface area contributed by atoms with E-state index < -0.39 is 0 Å². The Morgan fingerprint density at radius 3 is 2.83 bits per heavy atom. The zero-order valence-electron chi connectivity index (χ0n) is 6.49. The van der Waals surface area contributed by atoms with Gasteiger partial charge in [-0.1, -0.05) is 18.2 Å². The predicted molar refractivity (Wildman–Crippen MR) is 49.7 cm³/mol. The van der Waals surface area contributed by atoms with Gasteiger partial charge in [0.25, 0.3) is 0 Å². The molecular weight excluding hydrogens is 148 g/mol. The minimum absolute atomic E-state index is 0.855. The van der Waals surface area contributed by atoms with Gasteiger partial charge in [-0.05, 0) is 12.1 Å². The van der Waals surface area contributed by atoms with Crippen molar-refractivity contribution in [3.05, 3.63) is 43.6 Å².